The minimum Gasteiger partial charge on any atom is -0.350 e. The molecule has 0 aliphatic rings. The van der Waals surface area contributed by atoms with E-state index in [4.69, 9.17) is 5.73 Å². The molecule has 0 saturated carbocycles. The van der Waals surface area contributed by atoms with Gasteiger partial charge in [-0.3, -0.25) is 4.98 Å². The first-order chi connectivity index (χ1) is 10.4. The molecule has 1 aromatic carbocycles. The average Bonchev–Trinajstić information content (AvgIpc) is 2.47. The van der Waals surface area contributed by atoms with Crippen molar-refractivity contribution in [2.75, 3.05) is 0 Å². The molecule has 0 atom stereocenters. The number of halogens is 3. The van der Waals surface area contributed by atoms with Gasteiger partial charge in [0, 0.05) is 11.8 Å². The third-order valence-electron chi connectivity index (χ3n) is 2.69. The number of nitrogens with two attached hydrogens (primary N) is 1. The SMILES string of the molecule is NC(=O)NN=Cc1ccc(-c2ccc(C(F)(F)F)cn2)cc1. The van der Waals surface area contributed by atoms with Crippen LogP contribution in [0.2, 0.25) is 0 Å². The van der Waals surface area contributed by atoms with E-state index in [-0.39, 0.29) is 0 Å². The van der Waals surface area contributed by atoms with Gasteiger partial charge >= 0.3 is 12.2 Å². The second-order valence-corrected chi connectivity index (χ2v) is 4.29. The lowest BCUT2D eigenvalue weighted by Crippen LogP contribution is -2.24. The minimum absolute atomic E-state index is 0.423. The quantitative estimate of drug-likeness (QED) is 0.675. The summed E-state index contributed by atoms with van der Waals surface area (Å²) in [5, 5.41) is 3.59. The predicted octanol–water partition coefficient (Wildman–Crippen LogP) is 2.77. The molecule has 2 amide bonds. The molecule has 0 spiro atoms. The van der Waals surface area contributed by atoms with Crippen molar-refractivity contribution in [1.29, 1.82) is 0 Å². The van der Waals surface area contributed by atoms with Gasteiger partial charge in [-0.05, 0) is 17.7 Å². The van der Waals surface area contributed by atoms with Gasteiger partial charge in [-0.25, -0.2) is 10.2 Å². The van der Waals surface area contributed by atoms with E-state index < -0.39 is 17.8 Å². The van der Waals surface area contributed by atoms with Crippen LogP contribution in [0, 0.1) is 0 Å². The molecule has 2 aromatic rings. The summed E-state index contributed by atoms with van der Waals surface area (Å²) < 4.78 is 37.4. The lowest BCUT2D eigenvalue weighted by molar-refractivity contribution is -0.137. The van der Waals surface area contributed by atoms with Gasteiger partial charge in [0.1, 0.15) is 0 Å². The summed E-state index contributed by atoms with van der Waals surface area (Å²) in [6, 6.07) is 8.24. The van der Waals surface area contributed by atoms with Crippen molar-refractivity contribution in [1.82, 2.24) is 10.4 Å². The highest BCUT2D eigenvalue weighted by Crippen LogP contribution is 2.29. The summed E-state index contributed by atoms with van der Waals surface area (Å²) in [5.74, 6) is 0. The molecule has 3 N–H and O–H groups in total. The van der Waals surface area contributed by atoms with Crippen molar-refractivity contribution in [2.45, 2.75) is 6.18 Å². The monoisotopic (exact) mass is 308 g/mol. The Kier molecular flexibility index (Phi) is 4.40. The second kappa shape index (κ2) is 6.25. The molecule has 22 heavy (non-hydrogen) atoms. The van der Waals surface area contributed by atoms with Gasteiger partial charge in [0.25, 0.3) is 0 Å². The minimum atomic E-state index is -4.40. The maximum atomic E-state index is 12.5. The molecule has 0 unspecified atom stereocenters. The van der Waals surface area contributed by atoms with Crippen LogP contribution < -0.4 is 11.2 Å². The lowest BCUT2D eigenvalue weighted by Gasteiger charge is -2.07. The Hall–Kier alpha value is -2.90. The number of alkyl halides is 3. The number of pyridine rings is 1. The molecule has 1 heterocycles. The van der Waals surface area contributed by atoms with E-state index in [1.165, 1.54) is 12.3 Å². The van der Waals surface area contributed by atoms with Crippen LogP contribution in [0.25, 0.3) is 11.3 Å². The van der Waals surface area contributed by atoms with Crippen molar-refractivity contribution < 1.29 is 18.0 Å². The van der Waals surface area contributed by atoms with Crippen LogP contribution in [0.5, 0.6) is 0 Å². The summed E-state index contributed by atoms with van der Waals surface area (Å²) in [5.41, 5.74) is 7.87. The highest BCUT2D eigenvalue weighted by molar-refractivity contribution is 5.82. The summed E-state index contributed by atoms with van der Waals surface area (Å²) in [4.78, 5) is 14.2. The van der Waals surface area contributed by atoms with Crippen LogP contribution in [0.15, 0.2) is 47.7 Å². The van der Waals surface area contributed by atoms with Crippen molar-refractivity contribution in [3.63, 3.8) is 0 Å². The number of amides is 2. The standard InChI is InChI=1S/C14H11F3N4O/c15-14(16,17)11-5-6-12(19-8-11)10-3-1-9(2-4-10)7-20-21-13(18)22/h1-8H,(H3,18,21,22). The Bertz CT molecular complexity index is 679. The van der Waals surface area contributed by atoms with Gasteiger partial charge in [-0.1, -0.05) is 24.3 Å². The van der Waals surface area contributed by atoms with Crippen LogP contribution in [-0.4, -0.2) is 17.2 Å². The van der Waals surface area contributed by atoms with E-state index in [1.54, 1.807) is 24.3 Å². The molecule has 0 saturated heterocycles. The largest absolute Gasteiger partial charge is 0.417 e. The van der Waals surface area contributed by atoms with Crippen LogP contribution in [0.3, 0.4) is 0 Å². The normalized spacial score (nSPS) is 11.6. The lowest BCUT2D eigenvalue weighted by atomic mass is 10.1. The molecule has 8 heteroatoms. The number of hydrogen-bond donors (Lipinski definition) is 2. The van der Waals surface area contributed by atoms with Crippen LogP contribution >= 0.6 is 0 Å². The molecule has 0 fully saturated rings. The molecule has 5 nitrogen and oxygen atoms in total. The van der Waals surface area contributed by atoms with Crippen LogP contribution in [0.4, 0.5) is 18.0 Å². The number of hydrazone groups is 1. The molecule has 0 aliphatic heterocycles. The zero-order chi connectivity index (χ0) is 16.2. The Morgan fingerprint density at radius 2 is 1.86 bits per heavy atom. The summed E-state index contributed by atoms with van der Waals surface area (Å²) in [6.07, 6.45) is -2.23. The number of urea groups is 1. The number of carbonyl (C=O) groups is 1. The molecule has 2 rings (SSSR count). The Labute approximate surface area is 123 Å². The number of benzene rings is 1. The van der Waals surface area contributed by atoms with Crippen LogP contribution in [0.1, 0.15) is 11.1 Å². The zero-order valence-electron chi connectivity index (χ0n) is 11.1. The number of nitrogens with one attached hydrogen (secondary N) is 1. The van der Waals surface area contributed by atoms with E-state index in [9.17, 15) is 18.0 Å². The predicted molar refractivity (Wildman–Crippen MR) is 75.0 cm³/mol. The van der Waals surface area contributed by atoms with Crippen LogP contribution in [-0.2, 0) is 6.18 Å². The fourth-order valence-corrected chi connectivity index (χ4v) is 1.64. The maximum Gasteiger partial charge on any atom is 0.417 e. The fraction of sp³-hybridized carbons (Fsp3) is 0.0714. The molecule has 114 valence electrons. The van der Waals surface area contributed by atoms with Gasteiger partial charge < -0.3 is 5.73 Å². The van der Waals surface area contributed by atoms with E-state index in [0.29, 0.717) is 16.8 Å². The Morgan fingerprint density at radius 1 is 1.18 bits per heavy atom. The van der Waals surface area contributed by atoms with Crippen molar-refractivity contribution in [3.8, 4) is 11.3 Å². The summed E-state index contributed by atoms with van der Waals surface area (Å²) in [6.45, 7) is 0. The zero-order valence-corrected chi connectivity index (χ0v) is 11.1. The van der Waals surface area contributed by atoms with Crippen molar-refractivity contribution >= 4 is 12.2 Å². The summed E-state index contributed by atoms with van der Waals surface area (Å²) in [7, 11) is 0. The maximum absolute atomic E-state index is 12.5. The van der Waals surface area contributed by atoms with E-state index in [1.807, 2.05) is 0 Å². The number of nitrogens with zero attached hydrogens (tertiary/aromatic N) is 2. The molecule has 0 radical (unpaired) electrons. The molecule has 0 bridgehead atoms. The third-order valence-corrected chi connectivity index (χ3v) is 2.69. The Balaban J connectivity index is 2.13. The van der Waals surface area contributed by atoms with Gasteiger partial charge in [-0.15, -0.1) is 0 Å². The number of primary amides is 1. The molecule has 1 aromatic heterocycles. The first-order valence-corrected chi connectivity index (χ1v) is 6.08. The third kappa shape index (κ3) is 4.05. The van der Waals surface area contributed by atoms with Crippen molar-refractivity contribution in [3.05, 3.63) is 53.7 Å². The van der Waals surface area contributed by atoms with Gasteiger partial charge in [0.2, 0.25) is 0 Å². The molecular weight excluding hydrogens is 297 g/mol. The second-order valence-electron chi connectivity index (χ2n) is 4.29. The number of aromatic nitrogens is 1. The number of rotatable bonds is 3. The first kappa shape index (κ1) is 15.5. The fourth-order valence-electron chi connectivity index (χ4n) is 1.64. The van der Waals surface area contributed by atoms with Gasteiger partial charge in [0.15, 0.2) is 0 Å². The number of hydrogen-bond acceptors (Lipinski definition) is 3. The molecular formula is C14H11F3N4O. The molecule has 0 aliphatic carbocycles. The van der Waals surface area contributed by atoms with Crippen molar-refractivity contribution in [2.24, 2.45) is 10.8 Å². The number of carbonyl (C=O) groups excluding carboxylic acids is 1. The first-order valence-electron chi connectivity index (χ1n) is 6.08. The van der Waals surface area contributed by atoms with E-state index >= 15 is 0 Å². The topological polar surface area (TPSA) is 80.4 Å². The van der Waals surface area contributed by atoms with E-state index in [2.05, 4.69) is 15.5 Å². The average molecular weight is 308 g/mol. The van der Waals surface area contributed by atoms with E-state index in [0.717, 1.165) is 12.3 Å². The van der Waals surface area contributed by atoms with Gasteiger partial charge in [-0.2, -0.15) is 18.3 Å². The Morgan fingerprint density at radius 3 is 2.36 bits per heavy atom. The summed E-state index contributed by atoms with van der Waals surface area (Å²) >= 11 is 0. The highest BCUT2D eigenvalue weighted by atomic mass is 19.4. The van der Waals surface area contributed by atoms with Gasteiger partial charge in [0.05, 0.1) is 17.5 Å². The highest BCUT2D eigenvalue weighted by Gasteiger charge is 2.30. The smallest absolute Gasteiger partial charge is 0.350 e.